The summed E-state index contributed by atoms with van der Waals surface area (Å²) >= 11 is 0. The van der Waals surface area contributed by atoms with Crippen molar-refractivity contribution in [2.75, 3.05) is 18.4 Å². The summed E-state index contributed by atoms with van der Waals surface area (Å²) in [6.45, 7) is 3.17. The lowest BCUT2D eigenvalue weighted by molar-refractivity contribution is -0.128. The van der Waals surface area contributed by atoms with Crippen molar-refractivity contribution >= 4 is 11.7 Å². The molecule has 122 valence electrons. The van der Waals surface area contributed by atoms with Crippen molar-refractivity contribution in [2.24, 2.45) is 5.92 Å². The first-order valence-electron chi connectivity index (χ1n) is 7.89. The number of amides is 1. The maximum atomic E-state index is 12.3. The highest BCUT2D eigenvalue weighted by Crippen LogP contribution is 2.37. The van der Waals surface area contributed by atoms with Gasteiger partial charge in [0.15, 0.2) is 11.5 Å². The summed E-state index contributed by atoms with van der Waals surface area (Å²) in [5, 5.41) is 12.3. The Balaban J connectivity index is 1.81. The van der Waals surface area contributed by atoms with Crippen molar-refractivity contribution in [2.45, 2.75) is 19.4 Å². The van der Waals surface area contributed by atoms with Gasteiger partial charge in [-0.15, -0.1) is 0 Å². The minimum absolute atomic E-state index is 0.0223. The van der Waals surface area contributed by atoms with Gasteiger partial charge in [0.25, 0.3) is 0 Å². The minimum atomic E-state index is -0.0223. The molecule has 0 radical (unpaired) electrons. The SMILES string of the molecule is CCN1C(=O)C[C@@H](CNc2nccnc2C#N)[C@@H]1c1cccnc1. The molecule has 0 aromatic carbocycles. The van der Waals surface area contributed by atoms with Gasteiger partial charge >= 0.3 is 0 Å². The van der Waals surface area contributed by atoms with Crippen LogP contribution in [0.5, 0.6) is 0 Å². The summed E-state index contributed by atoms with van der Waals surface area (Å²) < 4.78 is 0. The summed E-state index contributed by atoms with van der Waals surface area (Å²) in [5.41, 5.74) is 1.28. The third kappa shape index (κ3) is 3.04. The Morgan fingerprint density at radius 2 is 2.21 bits per heavy atom. The quantitative estimate of drug-likeness (QED) is 0.901. The standard InChI is InChI=1S/C17H18N6O/c1-2-23-15(24)8-13(16(23)12-4-3-5-19-10-12)11-22-17-14(9-18)20-6-7-21-17/h3-7,10,13,16H,2,8,11H2,1H3,(H,21,22)/t13-,16-/m0/s1. The van der Waals surface area contributed by atoms with Crippen molar-refractivity contribution in [1.29, 1.82) is 5.26 Å². The second kappa shape index (κ2) is 7.04. The maximum absolute atomic E-state index is 12.3. The number of anilines is 1. The van der Waals surface area contributed by atoms with Crippen LogP contribution < -0.4 is 5.32 Å². The molecule has 3 heterocycles. The highest BCUT2D eigenvalue weighted by atomic mass is 16.2. The maximum Gasteiger partial charge on any atom is 0.223 e. The van der Waals surface area contributed by atoms with E-state index in [2.05, 4.69) is 20.3 Å². The fraction of sp³-hybridized carbons (Fsp3) is 0.353. The van der Waals surface area contributed by atoms with E-state index in [9.17, 15) is 4.79 Å². The van der Waals surface area contributed by atoms with E-state index in [0.717, 1.165) is 5.56 Å². The Bertz CT molecular complexity index is 757. The van der Waals surface area contributed by atoms with Gasteiger partial charge in [0.05, 0.1) is 6.04 Å². The highest BCUT2D eigenvalue weighted by Gasteiger charge is 2.39. The largest absolute Gasteiger partial charge is 0.367 e. The third-order valence-electron chi connectivity index (χ3n) is 4.24. The molecule has 0 unspecified atom stereocenters. The van der Waals surface area contributed by atoms with Crippen LogP contribution in [0.3, 0.4) is 0 Å². The van der Waals surface area contributed by atoms with E-state index in [4.69, 9.17) is 5.26 Å². The number of carbonyl (C=O) groups excluding carboxylic acids is 1. The number of carbonyl (C=O) groups is 1. The van der Waals surface area contributed by atoms with Gasteiger partial charge in [0.1, 0.15) is 6.07 Å². The molecular formula is C17H18N6O. The lowest BCUT2D eigenvalue weighted by Crippen LogP contribution is -2.30. The average molecular weight is 322 g/mol. The molecule has 1 saturated heterocycles. The molecule has 1 N–H and O–H groups in total. The Kier molecular flexibility index (Phi) is 4.66. The molecule has 1 amide bonds. The lowest BCUT2D eigenvalue weighted by atomic mass is 9.94. The molecule has 0 bridgehead atoms. The molecule has 1 aliphatic rings. The predicted molar refractivity (Wildman–Crippen MR) is 87.7 cm³/mol. The van der Waals surface area contributed by atoms with Crippen molar-refractivity contribution in [3.05, 3.63) is 48.2 Å². The number of pyridine rings is 1. The van der Waals surface area contributed by atoms with E-state index in [-0.39, 0.29) is 23.6 Å². The zero-order valence-corrected chi connectivity index (χ0v) is 13.4. The van der Waals surface area contributed by atoms with E-state index in [0.29, 0.717) is 25.3 Å². The van der Waals surface area contributed by atoms with E-state index >= 15 is 0 Å². The third-order valence-corrected chi connectivity index (χ3v) is 4.24. The molecule has 3 rings (SSSR count). The molecule has 1 aliphatic heterocycles. The molecule has 1 fully saturated rings. The van der Waals surface area contributed by atoms with Gasteiger partial charge in [0.2, 0.25) is 5.91 Å². The van der Waals surface area contributed by atoms with Gasteiger partial charge in [-0.2, -0.15) is 5.26 Å². The van der Waals surface area contributed by atoms with Crippen LogP contribution >= 0.6 is 0 Å². The molecular weight excluding hydrogens is 304 g/mol. The van der Waals surface area contributed by atoms with Crippen LogP contribution in [0, 0.1) is 17.2 Å². The number of rotatable bonds is 5. The van der Waals surface area contributed by atoms with Gasteiger partial charge < -0.3 is 10.2 Å². The molecule has 2 atom stereocenters. The number of aromatic nitrogens is 3. The minimum Gasteiger partial charge on any atom is -0.367 e. The van der Waals surface area contributed by atoms with Gasteiger partial charge in [-0.05, 0) is 18.6 Å². The smallest absolute Gasteiger partial charge is 0.223 e. The molecule has 0 saturated carbocycles. The molecule has 7 nitrogen and oxygen atoms in total. The normalized spacial score (nSPS) is 20.0. The van der Waals surface area contributed by atoms with E-state index < -0.39 is 0 Å². The van der Waals surface area contributed by atoms with Crippen molar-refractivity contribution in [3.63, 3.8) is 0 Å². The number of hydrogen-bond donors (Lipinski definition) is 1. The van der Waals surface area contributed by atoms with Crippen LogP contribution in [0.4, 0.5) is 5.82 Å². The topological polar surface area (TPSA) is 94.8 Å². The summed E-state index contributed by atoms with van der Waals surface area (Å²) in [6, 6.07) is 5.87. The number of hydrogen-bond acceptors (Lipinski definition) is 6. The predicted octanol–water partition coefficient (Wildman–Crippen LogP) is 1.76. The van der Waals surface area contributed by atoms with Crippen LogP contribution in [0.25, 0.3) is 0 Å². The zero-order chi connectivity index (χ0) is 16.9. The molecule has 0 spiro atoms. The first-order valence-corrected chi connectivity index (χ1v) is 7.89. The van der Waals surface area contributed by atoms with Crippen LogP contribution in [0.15, 0.2) is 36.9 Å². The fourth-order valence-corrected chi connectivity index (χ4v) is 3.20. The summed E-state index contributed by atoms with van der Waals surface area (Å²) in [6.07, 6.45) is 7.02. The van der Waals surface area contributed by atoms with Gasteiger partial charge in [-0.25, -0.2) is 9.97 Å². The highest BCUT2D eigenvalue weighted by molar-refractivity contribution is 5.79. The number of nitrogens with zero attached hydrogens (tertiary/aromatic N) is 5. The average Bonchev–Trinajstić information content (AvgIpc) is 2.96. The van der Waals surface area contributed by atoms with Gasteiger partial charge in [-0.3, -0.25) is 9.78 Å². The van der Waals surface area contributed by atoms with E-state index in [1.165, 1.54) is 6.20 Å². The second-order valence-corrected chi connectivity index (χ2v) is 5.62. The summed E-state index contributed by atoms with van der Waals surface area (Å²) in [5.74, 6) is 0.667. The molecule has 2 aromatic heterocycles. The molecule has 2 aromatic rings. The molecule has 24 heavy (non-hydrogen) atoms. The molecule has 0 aliphatic carbocycles. The second-order valence-electron chi connectivity index (χ2n) is 5.62. The van der Waals surface area contributed by atoms with Crippen molar-refractivity contribution in [3.8, 4) is 6.07 Å². The number of nitriles is 1. The lowest BCUT2D eigenvalue weighted by Gasteiger charge is -2.27. The number of nitrogens with one attached hydrogen (secondary N) is 1. The molecule has 7 heteroatoms. The first-order chi connectivity index (χ1) is 11.7. The summed E-state index contributed by atoms with van der Waals surface area (Å²) in [7, 11) is 0. The van der Waals surface area contributed by atoms with Crippen molar-refractivity contribution < 1.29 is 4.79 Å². The van der Waals surface area contributed by atoms with Gasteiger partial charge in [-0.1, -0.05) is 6.07 Å². The van der Waals surface area contributed by atoms with Gasteiger partial charge in [0, 0.05) is 50.2 Å². The Morgan fingerprint density at radius 1 is 1.38 bits per heavy atom. The summed E-state index contributed by atoms with van der Waals surface area (Å²) in [4.78, 5) is 26.5. The monoisotopic (exact) mass is 322 g/mol. The van der Waals surface area contributed by atoms with Crippen LogP contribution in [0.1, 0.15) is 30.6 Å². The van der Waals surface area contributed by atoms with Crippen LogP contribution in [-0.2, 0) is 4.79 Å². The Morgan fingerprint density at radius 3 is 2.92 bits per heavy atom. The number of likely N-dealkylation sites (tertiary alicyclic amines) is 1. The first kappa shape index (κ1) is 15.9. The van der Waals surface area contributed by atoms with Crippen molar-refractivity contribution in [1.82, 2.24) is 19.9 Å². The fourth-order valence-electron chi connectivity index (χ4n) is 3.20. The van der Waals surface area contributed by atoms with E-state index in [1.807, 2.05) is 36.2 Å². The van der Waals surface area contributed by atoms with Crippen LogP contribution in [-0.4, -0.2) is 38.8 Å². The Hall–Kier alpha value is -3.01. The van der Waals surface area contributed by atoms with E-state index in [1.54, 1.807) is 12.4 Å². The van der Waals surface area contributed by atoms with Crippen LogP contribution in [0.2, 0.25) is 0 Å². The zero-order valence-electron chi connectivity index (χ0n) is 13.4. The Labute approximate surface area is 140 Å².